The topological polar surface area (TPSA) is 44.8 Å². The van der Waals surface area contributed by atoms with E-state index >= 15 is 0 Å². The highest BCUT2D eigenvalue weighted by molar-refractivity contribution is 5.99. The fourth-order valence-corrected chi connectivity index (χ4v) is 4.01. The van der Waals surface area contributed by atoms with Crippen LogP contribution >= 0.6 is 0 Å². The molecule has 0 radical (unpaired) electrons. The van der Waals surface area contributed by atoms with Crippen molar-refractivity contribution < 1.29 is 22.7 Å². The third-order valence-corrected chi connectivity index (χ3v) is 5.43. The van der Waals surface area contributed by atoms with E-state index < -0.39 is 6.36 Å². The zero-order chi connectivity index (χ0) is 19.4. The Hall–Kier alpha value is -1.80. The van der Waals surface area contributed by atoms with Gasteiger partial charge < -0.3 is 15.0 Å². The molecule has 27 heavy (non-hydrogen) atoms. The summed E-state index contributed by atoms with van der Waals surface area (Å²) in [6, 6.07) is 5.46. The summed E-state index contributed by atoms with van der Waals surface area (Å²) in [5.41, 5.74) is 0.452. The summed E-state index contributed by atoms with van der Waals surface area (Å²) in [5, 5.41) is 3.18. The molecular weight excluding hydrogens is 359 g/mol. The Morgan fingerprint density at radius 2 is 1.93 bits per heavy atom. The summed E-state index contributed by atoms with van der Waals surface area (Å²) in [5.74, 6) is 0.354. The SMILES string of the molecule is CNCCC1CCN(C2CCN(c3cccc(OC(F)(F)F)c3)C2=O)CC1. The van der Waals surface area contributed by atoms with Crippen LogP contribution in [0.2, 0.25) is 0 Å². The van der Waals surface area contributed by atoms with Crippen molar-refractivity contribution in [3.63, 3.8) is 0 Å². The number of carbonyl (C=O) groups is 1. The number of hydrogen-bond donors (Lipinski definition) is 1. The van der Waals surface area contributed by atoms with Crippen molar-refractivity contribution in [2.24, 2.45) is 5.92 Å². The molecule has 2 saturated heterocycles. The van der Waals surface area contributed by atoms with Gasteiger partial charge in [-0.25, -0.2) is 0 Å². The average Bonchev–Trinajstić information content (AvgIpc) is 3.01. The molecular formula is C19H26F3N3O2. The van der Waals surface area contributed by atoms with E-state index in [4.69, 9.17) is 0 Å². The number of benzene rings is 1. The lowest BCUT2D eigenvalue weighted by atomic mass is 9.92. The first-order valence-corrected chi connectivity index (χ1v) is 9.43. The van der Waals surface area contributed by atoms with Gasteiger partial charge in [-0.2, -0.15) is 0 Å². The van der Waals surface area contributed by atoms with Crippen LogP contribution in [0, 0.1) is 5.92 Å². The van der Waals surface area contributed by atoms with Crippen LogP contribution in [0.15, 0.2) is 24.3 Å². The Morgan fingerprint density at radius 3 is 2.59 bits per heavy atom. The molecule has 1 N–H and O–H groups in total. The van der Waals surface area contributed by atoms with Gasteiger partial charge in [0.05, 0.1) is 6.04 Å². The molecule has 1 aromatic carbocycles. The lowest BCUT2D eigenvalue weighted by Crippen LogP contribution is -2.46. The van der Waals surface area contributed by atoms with Crippen molar-refractivity contribution in [2.75, 3.05) is 38.1 Å². The van der Waals surface area contributed by atoms with Crippen LogP contribution in [0.5, 0.6) is 5.75 Å². The molecule has 0 spiro atoms. The third-order valence-electron chi connectivity index (χ3n) is 5.43. The summed E-state index contributed by atoms with van der Waals surface area (Å²) in [7, 11) is 1.95. The molecule has 0 aliphatic carbocycles. The molecule has 2 aliphatic rings. The lowest BCUT2D eigenvalue weighted by Gasteiger charge is -2.35. The van der Waals surface area contributed by atoms with Gasteiger partial charge in [0.2, 0.25) is 5.91 Å². The first-order valence-electron chi connectivity index (χ1n) is 9.43. The quantitative estimate of drug-likeness (QED) is 0.818. The van der Waals surface area contributed by atoms with Gasteiger partial charge in [0.15, 0.2) is 0 Å². The second-order valence-electron chi connectivity index (χ2n) is 7.21. The van der Waals surface area contributed by atoms with E-state index in [1.807, 2.05) is 7.05 Å². The minimum absolute atomic E-state index is 0.0344. The molecule has 1 aromatic rings. The smallest absolute Gasteiger partial charge is 0.406 e. The summed E-state index contributed by atoms with van der Waals surface area (Å²) in [4.78, 5) is 16.7. The third kappa shape index (κ3) is 5.13. The number of rotatable bonds is 6. The first-order chi connectivity index (χ1) is 12.9. The zero-order valence-corrected chi connectivity index (χ0v) is 15.5. The molecule has 2 heterocycles. The van der Waals surface area contributed by atoms with Crippen molar-refractivity contribution in [1.29, 1.82) is 0 Å². The van der Waals surface area contributed by atoms with Crippen molar-refractivity contribution in [1.82, 2.24) is 10.2 Å². The maximum absolute atomic E-state index is 12.9. The maximum Gasteiger partial charge on any atom is 0.573 e. The largest absolute Gasteiger partial charge is 0.573 e. The van der Waals surface area contributed by atoms with E-state index in [0.29, 0.717) is 24.6 Å². The predicted octanol–water partition coefficient (Wildman–Crippen LogP) is 3.01. The molecule has 3 rings (SSSR count). The van der Waals surface area contributed by atoms with Crippen LogP contribution in [0.4, 0.5) is 18.9 Å². The monoisotopic (exact) mass is 385 g/mol. The van der Waals surface area contributed by atoms with Gasteiger partial charge >= 0.3 is 6.36 Å². The van der Waals surface area contributed by atoms with Crippen LogP contribution < -0.4 is 15.0 Å². The van der Waals surface area contributed by atoms with Gasteiger partial charge in [0.1, 0.15) is 5.75 Å². The van der Waals surface area contributed by atoms with Gasteiger partial charge in [-0.1, -0.05) is 6.07 Å². The number of carbonyl (C=O) groups excluding carboxylic acids is 1. The molecule has 8 heteroatoms. The molecule has 0 saturated carbocycles. The predicted molar refractivity (Wildman–Crippen MR) is 96.7 cm³/mol. The Balaban J connectivity index is 1.60. The Morgan fingerprint density at radius 1 is 1.19 bits per heavy atom. The first kappa shape index (κ1) is 19.9. The van der Waals surface area contributed by atoms with E-state index in [-0.39, 0.29) is 17.7 Å². The molecule has 1 atom stereocenters. The second kappa shape index (κ2) is 8.48. The Kier molecular flexibility index (Phi) is 6.26. The van der Waals surface area contributed by atoms with Crippen LogP contribution in [-0.2, 0) is 4.79 Å². The normalized spacial score (nSPS) is 22.4. The Labute approximate surface area is 157 Å². The molecule has 5 nitrogen and oxygen atoms in total. The number of alkyl halides is 3. The maximum atomic E-state index is 12.9. The fourth-order valence-electron chi connectivity index (χ4n) is 4.01. The van der Waals surface area contributed by atoms with Crippen molar-refractivity contribution >= 4 is 11.6 Å². The number of amides is 1. The molecule has 150 valence electrons. The highest BCUT2D eigenvalue weighted by Gasteiger charge is 2.38. The van der Waals surface area contributed by atoms with Gasteiger partial charge in [-0.05, 0) is 70.4 Å². The number of nitrogens with one attached hydrogen (secondary N) is 1. The fraction of sp³-hybridized carbons (Fsp3) is 0.632. The van der Waals surface area contributed by atoms with Crippen LogP contribution in [0.25, 0.3) is 0 Å². The van der Waals surface area contributed by atoms with Gasteiger partial charge in [-0.15, -0.1) is 13.2 Å². The minimum atomic E-state index is -4.74. The summed E-state index contributed by atoms with van der Waals surface area (Å²) in [6.45, 7) is 3.32. The summed E-state index contributed by atoms with van der Waals surface area (Å²) >= 11 is 0. The molecule has 1 amide bonds. The lowest BCUT2D eigenvalue weighted by molar-refractivity contribution is -0.274. The molecule has 2 aliphatic heterocycles. The number of ether oxygens (including phenoxy) is 1. The number of piperidine rings is 1. The highest BCUT2D eigenvalue weighted by atomic mass is 19.4. The van der Waals surface area contributed by atoms with Crippen molar-refractivity contribution in [2.45, 2.75) is 38.1 Å². The van der Waals surface area contributed by atoms with Crippen molar-refractivity contribution in [3.8, 4) is 5.75 Å². The zero-order valence-electron chi connectivity index (χ0n) is 15.5. The summed E-state index contributed by atoms with van der Waals surface area (Å²) in [6.07, 6.45) is -0.722. The number of nitrogens with zero attached hydrogens (tertiary/aromatic N) is 2. The molecule has 0 bridgehead atoms. The van der Waals surface area contributed by atoms with Crippen LogP contribution in [-0.4, -0.2) is 56.4 Å². The van der Waals surface area contributed by atoms with E-state index in [2.05, 4.69) is 15.0 Å². The van der Waals surface area contributed by atoms with Gasteiger partial charge in [0.25, 0.3) is 0 Å². The van der Waals surface area contributed by atoms with E-state index in [1.54, 1.807) is 11.0 Å². The van der Waals surface area contributed by atoms with E-state index in [1.165, 1.54) is 18.2 Å². The van der Waals surface area contributed by atoms with Crippen molar-refractivity contribution in [3.05, 3.63) is 24.3 Å². The standard InChI is InChI=1S/C19H26F3N3O2/c1-23-9-5-14-6-10-24(11-7-14)17-8-12-25(18(17)26)15-3-2-4-16(13-15)27-19(20,21)22/h2-4,13-14,17,23H,5-12H2,1H3. The van der Waals surface area contributed by atoms with E-state index in [9.17, 15) is 18.0 Å². The molecule has 2 fully saturated rings. The number of anilines is 1. The molecule has 1 unspecified atom stereocenters. The summed E-state index contributed by atoms with van der Waals surface area (Å²) < 4.78 is 41.3. The average molecular weight is 385 g/mol. The van der Waals surface area contributed by atoms with Crippen LogP contribution in [0.3, 0.4) is 0 Å². The number of halogens is 3. The number of hydrogen-bond acceptors (Lipinski definition) is 4. The highest BCUT2D eigenvalue weighted by Crippen LogP contribution is 2.31. The minimum Gasteiger partial charge on any atom is -0.406 e. The van der Waals surface area contributed by atoms with Crippen LogP contribution in [0.1, 0.15) is 25.7 Å². The number of likely N-dealkylation sites (tertiary alicyclic amines) is 1. The molecule has 0 aromatic heterocycles. The second-order valence-corrected chi connectivity index (χ2v) is 7.21. The van der Waals surface area contributed by atoms with E-state index in [0.717, 1.165) is 38.9 Å². The van der Waals surface area contributed by atoms with Gasteiger partial charge in [0, 0.05) is 18.3 Å². The Bertz CT molecular complexity index is 645. The van der Waals surface area contributed by atoms with Gasteiger partial charge in [-0.3, -0.25) is 9.69 Å².